The van der Waals surface area contributed by atoms with Crippen LogP contribution in [0.5, 0.6) is 0 Å². The van der Waals surface area contributed by atoms with Crippen LogP contribution in [0.1, 0.15) is 24.2 Å². The molecule has 3 rings (SSSR count). The molecule has 4 heteroatoms. The summed E-state index contributed by atoms with van der Waals surface area (Å²) in [6, 6.07) is 11.8. The Balaban J connectivity index is 1.99. The number of benzene rings is 1. The summed E-state index contributed by atoms with van der Waals surface area (Å²) in [6.45, 7) is 5.00. The monoisotopic (exact) mass is 281 g/mol. The van der Waals surface area contributed by atoms with Gasteiger partial charge in [-0.1, -0.05) is 26.0 Å². The largest absolute Gasteiger partial charge is 0.379 e. The molecule has 2 heterocycles. The van der Waals surface area contributed by atoms with Gasteiger partial charge in [0.2, 0.25) is 0 Å². The highest BCUT2D eigenvalue weighted by Crippen LogP contribution is 2.33. The molecule has 1 aromatic heterocycles. The van der Waals surface area contributed by atoms with Crippen LogP contribution in [0.4, 0.5) is 11.4 Å². The molecule has 1 N–H and O–H groups in total. The second kappa shape index (κ2) is 5.56. The van der Waals surface area contributed by atoms with Gasteiger partial charge in [-0.05, 0) is 30.2 Å². The van der Waals surface area contributed by atoms with E-state index in [0.29, 0.717) is 18.0 Å². The number of nitrogens with zero attached hydrogens (tertiary/aromatic N) is 2. The van der Waals surface area contributed by atoms with Crippen LogP contribution in [-0.4, -0.2) is 23.5 Å². The van der Waals surface area contributed by atoms with E-state index in [1.807, 2.05) is 35.2 Å². The molecule has 0 aliphatic carbocycles. The summed E-state index contributed by atoms with van der Waals surface area (Å²) in [4.78, 5) is 18.7. The van der Waals surface area contributed by atoms with Crippen LogP contribution < -0.4 is 10.2 Å². The average molecular weight is 281 g/mol. The lowest BCUT2D eigenvalue weighted by molar-refractivity contribution is 0.0983. The van der Waals surface area contributed by atoms with Gasteiger partial charge in [-0.3, -0.25) is 9.78 Å². The predicted octanol–water partition coefficient (Wildman–Crippen LogP) is 3.18. The third-order valence-electron chi connectivity index (χ3n) is 3.87. The number of hydrogen-bond donors (Lipinski definition) is 1. The predicted molar refractivity (Wildman–Crippen MR) is 84.6 cm³/mol. The van der Waals surface area contributed by atoms with Gasteiger partial charge >= 0.3 is 0 Å². The standard InChI is InChI=1S/C17H19N3O/c1-12(2)15-11-20(16-8-4-3-7-14(16)19-15)17(21)13-6-5-9-18-10-13/h3-10,12,15,19H,11H2,1-2H3. The number of aromatic nitrogens is 1. The first-order valence-electron chi connectivity index (χ1n) is 7.24. The van der Waals surface area contributed by atoms with Crippen LogP contribution in [0, 0.1) is 5.92 Å². The molecule has 108 valence electrons. The minimum atomic E-state index is 0.00250. The molecule has 0 bridgehead atoms. The lowest BCUT2D eigenvalue weighted by atomic mass is 9.99. The molecule has 1 amide bonds. The molecule has 0 fully saturated rings. The van der Waals surface area contributed by atoms with E-state index < -0.39 is 0 Å². The zero-order valence-electron chi connectivity index (χ0n) is 12.3. The molecule has 1 unspecified atom stereocenters. The van der Waals surface area contributed by atoms with Crippen LogP contribution in [0.2, 0.25) is 0 Å². The Kier molecular flexibility index (Phi) is 3.60. The normalized spacial score (nSPS) is 17.3. The first-order chi connectivity index (χ1) is 10.2. The number of carbonyl (C=O) groups is 1. The summed E-state index contributed by atoms with van der Waals surface area (Å²) in [5.41, 5.74) is 2.57. The van der Waals surface area contributed by atoms with E-state index in [1.54, 1.807) is 18.5 Å². The number of para-hydroxylation sites is 2. The Labute approximate surface area is 124 Å². The summed E-state index contributed by atoms with van der Waals surface area (Å²) in [5.74, 6) is 0.449. The molecule has 2 aromatic rings. The van der Waals surface area contributed by atoms with Crippen molar-refractivity contribution < 1.29 is 4.79 Å². The van der Waals surface area contributed by atoms with E-state index in [2.05, 4.69) is 24.1 Å². The maximum absolute atomic E-state index is 12.8. The molecule has 0 saturated heterocycles. The molecule has 1 aromatic carbocycles. The molecule has 0 radical (unpaired) electrons. The van der Waals surface area contributed by atoms with Crippen molar-refractivity contribution in [2.24, 2.45) is 5.92 Å². The van der Waals surface area contributed by atoms with E-state index >= 15 is 0 Å². The summed E-state index contributed by atoms with van der Waals surface area (Å²) >= 11 is 0. The van der Waals surface area contributed by atoms with E-state index in [4.69, 9.17) is 0 Å². The van der Waals surface area contributed by atoms with Gasteiger partial charge in [0.25, 0.3) is 5.91 Å². The SMILES string of the molecule is CC(C)C1CN(C(=O)c2cccnc2)c2ccccc2N1. The highest BCUT2D eigenvalue weighted by molar-refractivity contribution is 6.08. The van der Waals surface area contributed by atoms with Crippen LogP contribution in [-0.2, 0) is 0 Å². The van der Waals surface area contributed by atoms with Crippen molar-refractivity contribution in [3.8, 4) is 0 Å². The molecule has 4 nitrogen and oxygen atoms in total. The van der Waals surface area contributed by atoms with Gasteiger partial charge in [0.15, 0.2) is 0 Å². The molecule has 1 aliphatic rings. The summed E-state index contributed by atoms with van der Waals surface area (Å²) in [7, 11) is 0. The van der Waals surface area contributed by atoms with Gasteiger partial charge in [0.1, 0.15) is 0 Å². The topological polar surface area (TPSA) is 45.2 Å². The van der Waals surface area contributed by atoms with Crippen LogP contribution >= 0.6 is 0 Å². The molecule has 1 aliphatic heterocycles. The number of anilines is 2. The Hall–Kier alpha value is -2.36. The van der Waals surface area contributed by atoms with Gasteiger partial charge < -0.3 is 10.2 Å². The van der Waals surface area contributed by atoms with E-state index in [9.17, 15) is 4.79 Å². The van der Waals surface area contributed by atoms with E-state index in [1.165, 1.54) is 0 Å². The Morgan fingerprint density at radius 1 is 1.29 bits per heavy atom. The van der Waals surface area contributed by atoms with Crippen molar-refractivity contribution in [2.45, 2.75) is 19.9 Å². The minimum absolute atomic E-state index is 0.00250. The van der Waals surface area contributed by atoms with Crippen molar-refractivity contribution in [2.75, 3.05) is 16.8 Å². The highest BCUT2D eigenvalue weighted by atomic mass is 16.2. The average Bonchev–Trinajstić information content (AvgIpc) is 2.54. The quantitative estimate of drug-likeness (QED) is 0.919. The van der Waals surface area contributed by atoms with Crippen LogP contribution in [0.15, 0.2) is 48.8 Å². The zero-order valence-corrected chi connectivity index (χ0v) is 12.3. The number of fused-ring (bicyclic) bond motifs is 1. The Morgan fingerprint density at radius 2 is 2.10 bits per heavy atom. The number of nitrogens with one attached hydrogen (secondary N) is 1. The number of pyridine rings is 1. The first kappa shape index (κ1) is 13.6. The smallest absolute Gasteiger partial charge is 0.259 e. The molecule has 21 heavy (non-hydrogen) atoms. The van der Waals surface area contributed by atoms with Gasteiger partial charge in [0.05, 0.1) is 16.9 Å². The Morgan fingerprint density at radius 3 is 2.81 bits per heavy atom. The molecule has 1 atom stereocenters. The number of hydrogen-bond acceptors (Lipinski definition) is 3. The summed E-state index contributed by atoms with van der Waals surface area (Å²) < 4.78 is 0. The third-order valence-corrected chi connectivity index (χ3v) is 3.87. The zero-order chi connectivity index (χ0) is 14.8. The fraction of sp³-hybridized carbons (Fsp3) is 0.294. The van der Waals surface area contributed by atoms with Crippen molar-refractivity contribution in [1.29, 1.82) is 0 Å². The number of amides is 1. The van der Waals surface area contributed by atoms with Crippen LogP contribution in [0.3, 0.4) is 0 Å². The third kappa shape index (κ3) is 2.61. The molecule has 0 spiro atoms. The number of carbonyl (C=O) groups excluding carboxylic acids is 1. The molecular weight excluding hydrogens is 262 g/mol. The second-order valence-corrected chi connectivity index (χ2v) is 5.67. The van der Waals surface area contributed by atoms with Crippen LogP contribution in [0.25, 0.3) is 0 Å². The summed E-state index contributed by atoms with van der Waals surface area (Å²) in [5, 5.41) is 3.52. The molecular formula is C17H19N3O. The number of rotatable bonds is 2. The Bertz CT molecular complexity index is 639. The van der Waals surface area contributed by atoms with Gasteiger partial charge in [-0.15, -0.1) is 0 Å². The van der Waals surface area contributed by atoms with Crippen molar-refractivity contribution in [3.63, 3.8) is 0 Å². The lowest BCUT2D eigenvalue weighted by Crippen LogP contribution is -2.47. The fourth-order valence-electron chi connectivity index (χ4n) is 2.59. The maximum atomic E-state index is 12.8. The second-order valence-electron chi connectivity index (χ2n) is 5.67. The van der Waals surface area contributed by atoms with Crippen molar-refractivity contribution >= 4 is 17.3 Å². The fourth-order valence-corrected chi connectivity index (χ4v) is 2.59. The highest BCUT2D eigenvalue weighted by Gasteiger charge is 2.29. The van der Waals surface area contributed by atoms with E-state index in [-0.39, 0.29) is 11.9 Å². The first-order valence-corrected chi connectivity index (χ1v) is 7.24. The molecule has 0 saturated carbocycles. The minimum Gasteiger partial charge on any atom is -0.379 e. The maximum Gasteiger partial charge on any atom is 0.259 e. The van der Waals surface area contributed by atoms with Crippen molar-refractivity contribution in [1.82, 2.24) is 4.98 Å². The van der Waals surface area contributed by atoms with Gasteiger partial charge in [-0.25, -0.2) is 0 Å². The van der Waals surface area contributed by atoms with Crippen molar-refractivity contribution in [3.05, 3.63) is 54.4 Å². The van der Waals surface area contributed by atoms with Gasteiger partial charge in [-0.2, -0.15) is 0 Å². The van der Waals surface area contributed by atoms with E-state index in [0.717, 1.165) is 11.4 Å². The summed E-state index contributed by atoms with van der Waals surface area (Å²) in [6.07, 6.45) is 3.30. The lowest BCUT2D eigenvalue weighted by Gasteiger charge is -2.37. The van der Waals surface area contributed by atoms with Gasteiger partial charge in [0, 0.05) is 25.0 Å².